The average Bonchev–Trinajstić information content (AvgIpc) is 3.35. The van der Waals surface area contributed by atoms with Crippen LogP contribution in [0.25, 0.3) is 16.9 Å². The molecule has 1 aromatic heterocycles. The van der Waals surface area contributed by atoms with E-state index in [1.165, 1.54) is 11.3 Å². The SMILES string of the molecule is O=C1C/C(=N/N=c2\scc(-c3ccc(Cl)cc3)n2-c2ccccc2)c2ccccc21. The Morgan fingerprint density at radius 3 is 2.30 bits per heavy atom. The molecule has 4 nitrogen and oxygen atoms in total. The van der Waals surface area contributed by atoms with Crippen molar-refractivity contribution in [2.75, 3.05) is 0 Å². The molecule has 1 aliphatic carbocycles. The Morgan fingerprint density at radius 1 is 0.833 bits per heavy atom. The van der Waals surface area contributed by atoms with Gasteiger partial charge in [-0.05, 0) is 29.8 Å². The van der Waals surface area contributed by atoms with Gasteiger partial charge < -0.3 is 0 Å². The fourth-order valence-corrected chi connectivity index (χ4v) is 4.52. The van der Waals surface area contributed by atoms with Crippen molar-refractivity contribution < 1.29 is 4.79 Å². The van der Waals surface area contributed by atoms with Crippen LogP contribution in [0, 0.1) is 0 Å². The number of benzene rings is 3. The van der Waals surface area contributed by atoms with Crippen LogP contribution in [-0.4, -0.2) is 16.1 Å². The molecule has 5 rings (SSSR count). The molecule has 1 aliphatic rings. The molecule has 0 N–H and O–H groups in total. The van der Waals surface area contributed by atoms with E-state index in [-0.39, 0.29) is 12.2 Å². The van der Waals surface area contributed by atoms with E-state index < -0.39 is 0 Å². The highest BCUT2D eigenvalue weighted by Crippen LogP contribution is 2.25. The van der Waals surface area contributed by atoms with Gasteiger partial charge in [0.15, 0.2) is 5.78 Å². The van der Waals surface area contributed by atoms with Crippen molar-refractivity contribution >= 4 is 34.4 Å². The number of nitrogens with zero attached hydrogens (tertiary/aromatic N) is 3. The molecule has 4 aromatic rings. The first kappa shape index (κ1) is 18.7. The van der Waals surface area contributed by atoms with Crippen LogP contribution < -0.4 is 4.80 Å². The Bertz CT molecular complexity index is 1330. The van der Waals surface area contributed by atoms with E-state index in [0.29, 0.717) is 10.7 Å². The summed E-state index contributed by atoms with van der Waals surface area (Å²) in [6, 6.07) is 25.3. The van der Waals surface area contributed by atoms with Gasteiger partial charge in [0, 0.05) is 27.2 Å². The smallest absolute Gasteiger partial charge is 0.215 e. The predicted octanol–water partition coefficient (Wildman–Crippen LogP) is 5.75. The summed E-state index contributed by atoms with van der Waals surface area (Å²) in [6.07, 6.45) is 0.281. The summed E-state index contributed by atoms with van der Waals surface area (Å²) in [7, 11) is 0. The maximum absolute atomic E-state index is 12.3. The lowest BCUT2D eigenvalue weighted by Crippen LogP contribution is -2.13. The summed E-state index contributed by atoms with van der Waals surface area (Å²) in [4.78, 5) is 13.0. The van der Waals surface area contributed by atoms with Crippen LogP contribution in [0.5, 0.6) is 0 Å². The molecule has 1 heterocycles. The molecule has 0 aliphatic heterocycles. The molecule has 0 saturated carbocycles. The van der Waals surface area contributed by atoms with Gasteiger partial charge in [0.1, 0.15) is 0 Å². The van der Waals surface area contributed by atoms with Gasteiger partial charge in [-0.15, -0.1) is 16.4 Å². The molecule has 0 fully saturated rings. The minimum atomic E-state index is 0.0866. The van der Waals surface area contributed by atoms with E-state index in [0.717, 1.165) is 32.9 Å². The van der Waals surface area contributed by atoms with Crippen LogP contribution in [0.4, 0.5) is 0 Å². The number of thiazole rings is 1. The van der Waals surface area contributed by atoms with Gasteiger partial charge in [-0.25, -0.2) is 0 Å². The van der Waals surface area contributed by atoms with Crippen LogP contribution in [-0.2, 0) is 0 Å². The molecule has 146 valence electrons. The maximum Gasteiger partial charge on any atom is 0.215 e. The number of carbonyl (C=O) groups is 1. The fourth-order valence-electron chi connectivity index (χ4n) is 3.54. The van der Waals surface area contributed by atoms with Crippen molar-refractivity contribution in [2.45, 2.75) is 6.42 Å². The normalized spacial score (nSPS) is 15.0. The summed E-state index contributed by atoms with van der Waals surface area (Å²) >= 11 is 7.58. The number of fused-ring (bicyclic) bond motifs is 1. The number of halogens is 1. The zero-order chi connectivity index (χ0) is 20.5. The number of hydrogen-bond acceptors (Lipinski definition) is 4. The Morgan fingerprint density at radius 2 is 1.53 bits per heavy atom. The van der Waals surface area contributed by atoms with E-state index in [4.69, 9.17) is 11.6 Å². The third-order valence-electron chi connectivity index (χ3n) is 4.99. The molecule has 0 radical (unpaired) electrons. The van der Waals surface area contributed by atoms with E-state index in [1.807, 2.05) is 78.9 Å². The Hall–Kier alpha value is -3.28. The third-order valence-corrected chi connectivity index (χ3v) is 6.05. The molecule has 30 heavy (non-hydrogen) atoms. The molecule has 0 saturated heterocycles. The minimum absolute atomic E-state index is 0.0866. The molecule has 6 heteroatoms. The van der Waals surface area contributed by atoms with Gasteiger partial charge in [0.2, 0.25) is 4.80 Å². The van der Waals surface area contributed by atoms with E-state index in [9.17, 15) is 4.79 Å². The van der Waals surface area contributed by atoms with Gasteiger partial charge in [-0.3, -0.25) is 9.36 Å². The van der Waals surface area contributed by atoms with Gasteiger partial charge in [-0.2, -0.15) is 5.10 Å². The lowest BCUT2D eigenvalue weighted by Gasteiger charge is -2.09. The number of para-hydroxylation sites is 1. The van der Waals surface area contributed by atoms with Crippen molar-refractivity contribution in [3.63, 3.8) is 0 Å². The van der Waals surface area contributed by atoms with E-state index in [1.54, 1.807) is 0 Å². The number of aromatic nitrogens is 1. The van der Waals surface area contributed by atoms with Crippen molar-refractivity contribution in [1.29, 1.82) is 0 Å². The van der Waals surface area contributed by atoms with Crippen molar-refractivity contribution in [2.24, 2.45) is 10.2 Å². The summed E-state index contributed by atoms with van der Waals surface area (Å²) < 4.78 is 2.07. The van der Waals surface area contributed by atoms with Crippen LogP contribution in [0.1, 0.15) is 22.3 Å². The standard InChI is InChI=1S/C24H16ClN3OS/c25-17-12-10-16(11-13-17)22-15-30-24(28(22)18-6-2-1-3-7-18)27-26-21-14-23(29)20-9-5-4-8-19(20)21/h1-13,15H,14H2/b26-21-,27-24-. The highest BCUT2D eigenvalue weighted by Gasteiger charge is 2.25. The summed E-state index contributed by atoms with van der Waals surface area (Å²) in [5.41, 5.74) is 5.32. The van der Waals surface area contributed by atoms with E-state index >= 15 is 0 Å². The molecule has 0 bridgehead atoms. The molecule has 0 spiro atoms. The van der Waals surface area contributed by atoms with Gasteiger partial charge in [0.25, 0.3) is 0 Å². The van der Waals surface area contributed by atoms with Crippen LogP contribution in [0.2, 0.25) is 5.02 Å². The third kappa shape index (κ3) is 3.43. The first-order chi connectivity index (χ1) is 14.7. The first-order valence-electron chi connectivity index (χ1n) is 9.46. The number of Topliss-reactive ketones (excluding diaryl/α,β-unsaturated/α-hetero) is 1. The quantitative estimate of drug-likeness (QED) is 0.382. The van der Waals surface area contributed by atoms with Crippen LogP contribution >= 0.6 is 22.9 Å². The topological polar surface area (TPSA) is 46.7 Å². The second-order valence-corrected chi connectivity index (χ2v) is 8.15. The Labute approximate surface area is 182 Å². The largest absolute Gasteiger partial charge is 0.294 e. The zero-order valence-corrected chi connectivity index (χ0v) is 17.4. The maximum atomic E-state index is 12.3. The summed E-state index contributed by atoms with van der Waals surface area (Å²) in [6.45, 7) is 0. The number of ketones is 1. The van der Waals surface area contributed by atoms with E-state index in [2.05, 4.69) is 20.1 Å². The van der Waals surface area contributed by atoms with Crippen molar-refractivity contribution in [1.82, 2.24) is 4.57 Å². The zero-order valence-electron chi connectivity index (χ0n) is 15.8. The molecule has 0 amide bonds. The van der Waals surface area contributed by atoms with Crippen molar-refractivity contribution in [3.8, 4) is 16.9 Å². The Balaban J connectivity index is 1.66. The van der Waals surface area contributed by atoms with Crippen molar-refractivity contribution in [3.05, 3.63) is 105 Å². The Kier molecular flexibility index (Phi) is 4.91. The lowest BCUT2D eigenvalue weighted by molar-refractivity contribution is 0.101. The minimum Gasteiger partial charge on any atom is -0.294 e. The lowest BCUT2D eigenvalue weighted by atomic mass is 10.1. The molecular weight excluding hydrogens is 414 g/mol. The predicted molar refractivity (Wildman–Crippen MR) is 122 cm³/mol. The van der Waals surface area contributed by atoms with Crippen LogP contribution in [0.15, 0.2) is 94.4 Å². The fraction of sp³-hybridized carbons (Fsp3) is 0.0417. The second-order valence-electron chi connectivity index (χ2n) is 6.87. The number of rotatable bonds is 3. The van der Waals surface area contributed by atoms with Crippen LogP contribution in [0.3, 0.4) is 0 Å². The van der Waals surface area contributed by atoms with Gasteiger partial charge >= 0.3 is 0 Å². The highest BCUT2D eigenvalue weighted by atomic mass is 35.5. The summed E-state index contributed by atoms with van der Waals surface area (Å²) in [5, 5.41) is 11.8. The van der Waals surface area contributed by atoms with Gasteiger partial charge in [0.05, 0.1) is 17.8 Å². The number of hydrogen-bond donors (Lipinski definition) is 0. The molecule has 0 unspecified atom stereocenters. The monoisotopic (exact) mass is 429 g/mol. The average molecular weight is 430 g/mol. The highest BCUT2D eigenvalue weighted by molar-refractivity contribution is 7.07. The molecule has 3 aromatic carbocycles. The molecule has 0 atom stereocenters. The first-order valence-corrected chi connectivity index (χ1v) is 10.7. The summed E-state index contributed by atoms with van der Waals surface area (Å²) in [5.74, 6) is 0.0866. The second kappa shape index (κ2) is 7.86. The molecular formula is C24H16ClN3OS. The number of carbonyl (C=O) groups excluding carboxylic acids is 1. The van der Waals surface area contributed by atoms with Gasteiger partial charge in [-0.1, -0.05) is 66.2 Å².